The summed E-state index contributed by atoms with van der Waals surface area (Å²) in [4.78, 5) is 35.8. The Hall–Kier alpha value is -2.77. The lowest BCUT2D eigenvalue weighted by molar-refractivity contribution is -0.123. The molecule has 1 fully saturated rings. The van der Waals surface area contributed by atoms with Gasteiger partial charge in [-0.15, -0.1) is 0 Å². The number of carbonyl (C=O) groups is 3. The fourth-order valence-electron chi connectivity index (χ4n) is 2.90. The molecule has 2 N–H and O–H groups in total. The second-order valence-corrected chi connectivity index (χ2v) is 6.52. The minimum absolute atomic E-state index is 0.0979. The van der Waals surface area contributed by atoms with E-state index in [2.05, 4.69) is 10.6 Å². The molecule has 28 heavy (non-hydrogen) atoms. The Morgan fingerprint density at radius 2 is 1.82 bits per heavy atom. The number of carbonyl (C=O) groups excluding carboxylic acids is 3. The average Bonchev–Trinajstić information content (AvgIpc) is 3.18. The van der Waals surface area contributed by atoms with E-state index in [1.165, 1.54) is 6.07 Å². The van der Waals surface area contributed by atoms with Crippen molar-refractivity contribution >= 4 is 17.9 Å². The molecule has 1 aliphatic rings. The van der Waals surface area contributed by atoms with E-state index in [9.17, 15) is 14.4 Å². The van der Waals surface area contributed by atoms with Crippen molar-refractivity contribution in [3.05, 3.63) is 23.8 Å². The van der Waals surface area contributed by atoms with Gasteiger partial charge < -0.3 is 19.5 Å². The van der Waals surface area contributed by atoms with Crippen LogP contribution >= 0.6 is 0 Å². The molecule has 8 heteroatoms. The molecule has 0 atom stereocenters. The van der Waals surface area contributed by atoms with Gasteiger partial charge in [-0.1, -0.05) is 19.8 Å². The van der Waals surface area contributed by atoms with Crippen LogP contribution in [0, 0.1) is 0 Å². The van der Waals surface area contributed by atoms with Crippen molar-refractivity contribution < 1.29 is 28.6 Å². The van der Waals surface area contributed by atoms with E-state index in [1.807, 2.05) is 13.8 Å². The maximum absolute atomic E-state index is 12.2. The van der Waals surface area contributed by atoms with Crippen LogP contribution in [-0.4, -0.2) is 43.8 Å². The molecular formula is C20H28N2O6. The molecule has 1 aliphatic carbocycles. The minimum atomic E-state index is -0.686. The van der Waals surface area contributed by atoms with Crippen LogP contribution in [0.5, 0.6) is 11.5 Å². The van der Waals surface area contributed by atoms with Crippen LogP contribution in [0.3, 0.4) is 0 Å². The standard InChI is InChI=1S/C20H28N2O6/c1-3-11-27-16-10-9-14(12-17(16)26-4-2)19(24)28-13-18(23)22-20(25)21-15-7-5-6-8-15/h9-10,12,15H,3-8,11,13H2,1-2H3,(H2,21,22,23,25). The van der Waals surface area contributed by atoms with Gasteiger partial charge in [0.15, 0.2) is 18.1 Å². The Balaban J connectivity index is 1.84. The van der Waals surface area contributed by atoms with Crippen molar-refractivity contribution in [3.8, 4) is 11.5 Å². The van der Waals surface area contributed by atoms with E-state index in [0.717, 1.165) is 32.1 Å². The van der Waals surface area contributed by atoms with Gasteiger partial charge in [0.05, 0.1) is 18.8 Å². The predicted octanol–water partition coefficient (Wildman–Crippen LogP) is 2.80. The highest BCUT2D eigenvalue weighted by molar-refractivity contribution is 5.97. The zero-order chi connectivity index (χ0) is 20.4. The van der Waals surface area contributed by atoms with Gasteiger partial charge in [0.25, 0.3) is 5.91 Å². The fraction of sp³-hybridized carbons (Fsp3) is 0.550. The Morgan fingerprint density at radius 3 is 2.50 bits per heavy atom. The molecule has 0 spiro atoms. The molecular weight excluding hydrogens is 364 g/mol. The number of esters is 1. The number of ether oxygens (including phenoxy) is 3. The topological polar surface area (TPSA) is 103 Å². The zero-order valence-electron chi connectivity index (χ0n) is 16.4. The average molecular weight is 392 g/mol. The van der Waals surface area contributed by atoms with Crippen molar-refractivity contribution in [1.29, 1.82) is 0 Å². The number of nitrogens with one attached hydrogen (secondary N) is 2. The summed E-state index contributed by atoms with van der Waals surface area (Å²) in [6.45, 7) is 4.22. The van der Waals surface area contributed by atoms with Crippen molar-refractivity contribution in [1.82, 2.24) is 10.6 Å². The lowest BCUT2D eigenvalue weighted by Gasteiger charge is -2.13. The highest BCUT2D eigenvalue weighted by Gasteiger charge is 2.19. The third kappa shape index (κ3) is 6.75. The van der Waals surface area contributed by atoms with E-state index in [1.54, 1.807) is 12.1 Å². The molecule has 0 heterocycles. The van der Waals surface area contributed by atoms with Gasteiger partial charge in [0, 0.05) is 6.04 Å². The molecule has 0 bridgehead atoms. The molecule has 0 unspecified atom stereocenters. The summed E-state index contributed by atoms with van der Waals surface area (Å²) < 4.78 is 16.1. The fourth-order valence-corrected chi connectivity index (χ4v) is 2.90. The first-order valence-corrected chi connectivity index (χ1v) is 9.70. The molecule has 0 radical (unpaired) electrons. The molecule has 1 aromatic carbocycles. The predicted molar refractivity (Wildman–Crippen MR) is 103 cm³/mol. The first-order valence-electron chi connectivity index (χ1n) is 9.70. The van der Waals surface area contributed by atoms with E-state index in [0.29, 0.717) is 24.7 Å². The smallest absolute Gasteiger partial charge is 0.338 e. The first-order chi connectivity index (χ1) is 13.5. The number of hydrogen-bond donors (Lipinski definition) is 2. The first kappa shape index (κ1) is 21.5. The maximum atomic E-state index is 12.2. The van der Waals surface area contributed by atoms with E-state index >= 15 is 0 Å². The lowest BCUT2D eigenvalue weighted by Crippen LogP contribution is -2.44. The number of hydrogen-bond acceptors (Lipinski definition) is 6. The van der Waals surface area contributed by atoms with E-state index in [-0.39, 0.29) is 11.6 Å². The van der Waals surface area contributed by atoms with E-state index < -0.39 is 24.5 Å². The Labute approximate surface area is 164 Å². The summed E-state index contributed by atoms with van der Waals surface area (Å²) in [5, 5.41) is 4.90. The highest BCUT2D eigenvalue weighted by atomic mass is 16.5. The molecule has 8 nitrogen and oxygen atoms in total. The number of urea groups is 1. The van der Waals surface area contributed by atoms with Gasteiger partial charge in [-0.05, 0) is 44.4 Å². The van der Waals surface area contributed by atoms with Crippen LogP contribution in [0.4, 0.5) is 4.79 Å². The molecule has 0 aromatic heterocycles. The third-order valence-electron chi connectivity index (χ3n) is 4.22. The van der Waals surface area contributed by atoms with Crippen molar-refractivity contribution in [2.75, 3.05) is 19.8 Å². The minimum Gasteiger partial charge on any atom is -0.490 e. The molecule has 1 aromatic rings. The van der Waals surface area contributed by atoms with Gasteiger partial charge in [-0.25, -0.2) is 9.59 Å². The SMILES string of the molecule is CCCOc1ccc(C(=O)OCC(=O)NC(=O)NC2CCCC2)cc1OCC. The quantitative estimate of drug-likeness (QED) is 0.627. The zero-order valence-corrected chi connectivity index (χ0v) is 16.4. The molecule has 3 amide bonds. The van der Waals surface area contributed by atoms with Crippen molar-refractivity contribution in [3.63, 3.8) is 0 Å². The molecule has 0 saturated heterocycles. The van der Waals surface area contributed by atoms with Crippen LogP contribution in [0.2, 0.25) is 0 Å². The number of imide groups is 1. The third-order valence-corrected chi connectivity index (χ3v) is 4.22. The molecule has 1 saturated carbocycles. The highest BCUT2D eigenvalue weighted by Crippen LogP contribution is 2.29. The van der Waals surface area contributed by atoms with Gasteiger partial charge >= 0.3 is 12.0 Å². The van der Waals surface area contributed by atoms with Gasteiger partial charge in [-0.3, -0.25) is 10.1 Å². The normalized spacial score (nSPS) is 13.6. The van der Waals surface area contributed by atoms with Crippen molar-refractivity contribution in [2.45, 2.75) is 52.0 Å². The number of amides is 3. The Kier molecular flexibility index (Phi) is 8.58. The van der Waals surface area contributed by atoms with Gasteiger partial charge in [0.1, 0.15) is 0 Å². The van der Waals surface area contributed by atoms with Crippen LogP contribution < -0.4 is 20.1 Å². The van der Waals surface area contributed by atoms with Gasteiger partial charge in [-0.2, -0.15) is 0 Å². The van der Waals surface area contributed by atoms with Crippen LogP contribution in [0.25, 0.3) is 0 Å². The van der Waals surface area contributed by atoms with Crippen LogP contribution in [-0.2, 0) is 9.53 Å². The van der Waals surface area contributed by atoms with Crippen molar-refractivity contribution in [2.24, 2.45) is 0 Å². The summed E-state index contributed by atoms with van der Waals surface area (Å²) in [6, 6.07) is 4.22. The second-order valence-electron chi connectivity index (χ2n) is 6.52. The summed E-state index contributed by atoms with van der Waals surface area (Å²) in [5.41, 5.74) is 0.232. The molecule has 2 rings (SSSR count). The van der Waals surface area contributed by atoms with Crippen LogP contribution in [0.1, 0.15) is 56.3 Å². The number of benzene rings is 1. The van der Waals surface area contributed by atoms with Gasteiger partial charge in [0.2, 0.25) is 0 Å². The summed E-state index contributed by atoms with van der Waals surface area (Å²) in [6.07, 6.45) is 4.82. The summed E-state index contributed by atoms with van der Waals surface area (Å²) in [5.74, 6) is -0.390. The number of rotatable bonds is 9. The van der Waals surface area contributed by atoms with Crippen LogP contribution in [0.15, 0.2) is 18.2 Å². The lowest BCUT2D eigenvalue weighted by atomic mass is 10.2. The maximum Gasteiger partial charge on any atom is 0.338 e. The summed E-state index contributed by atoms with van der Waals surface area (Å²) in [7, 11) is 0. The largest absolute Gasteiger partial charge is 0.490 e. The Bertz CT molecular complexity index is 685. The molecule has 0 aliphatic heterocycles. The second kappa shape index (κ2) is 11.2. The Morgan fingerprint density at radius 1 is 1.07 bits per heavy atom. The monoisotopic (exact) mass is 392 g/mol. The van der Waals surface area contributed by atoms with E-state index in [4.69, 9.17) is 14.2 Å². The molecule has 154 valence electrons. The summed E-state index contributed by atoms with van der Waals surface area (Å²) >= 11 is 0.